The monoisotopic (exact) mass is 436 g/mol. The first-order valence-electron chi connectivity index (χ1n) is 9.65. The molecule has 0 aliphatic carbocycles. The van der Waals surface area contributed by atoms with Crippen molar-refractivity contribution in [1.29, 1.82) is 0 Å². The molecule has 0 atom stereocenters. The van der Waals surface area contributed by atoms with Crippen LogP contribution in [0.5, 0.6) is 11.5 Å². The van der Waals surface area contributed by atoms with E-state index in [1.54, 1.807) is 18.2 Å². The molecular formula is C24H24N2O4S. The second-order valence-corrected chi connectivity index (χ2v) is 7.68. The normalized spacial score (nSPS) is 10.4. The molecule has 0 radical (unpaired) electrons. The van der Waals surface area contributed by atoms with Gasteiger partial charge in [-0.1, -0.05) is 60.7 Å². The molecule has 0 heterocycles. The second-order valence-electron chi connectivity index (χ2n) is 6.58. The van der Waals surface area contributed by atoms with Gasteiger partial charge in [-0.3, -0.25) is 20.4 Å². The van der Waals surface area contributed by atoms with Crippen molar-refractivity contribution in [1.82, 2.24) is 10.9 Å². The molecule has 31 heavy (non-hydrogen) atoms. The number of amides is 2. The fraction of sp³-hybridized carbons (Fsp3) is 0.167. The molecule has 160 valence electrons. The van der Waals surface area contributed by atoms with Gasteiger partial charge < -0.3 is 9.47 Å². The summed E-state index contributed by atoms with van der Waals surface area (Å²) in [4.78, 5) is 24.7. The van der Waals surface area contributed by atoms with Crippen molar-refractivity contribution in [3.63, 3.8) is 0 Å². The number of thioether (sulfide) groups is 1. The summed E-state index contributed by atoms with van der Waals surface area (Å²) >= 11 is 1.49. The first-order chi connectivity index (χ1) is 15.1. The summed E-state index contributed by atoms with van der Waals surface area (Å²) in [5.41, 5.74) is 7.48. The fourth-order valence-corrected chi connectivity index (χ4v) is 4.10. The third kappa shape index (κ3) is 6.02. The van der Waals surface area contributed by atoms with Crippen LogP contribution in [0.3, 0.4) is 0 Å². The number of carbonyl (C=O) groups excluding carboxylic acids is 2. The Balaban J connectivity index is 1.59. The maximum Gasteiger partial charge on any atom is 0.269 e. The van der Waals surface area contributed by atoms with Gasteiger partial charge in [-0.2, -0.15) is 0 Å². The van der Waals surface area contributed by atoms with Crippen LogP contribution >= 0.6 is 11.8 Å². The van der Waals surface area contributed by atoms with Crippen LogP contribution in [-0.2, 0) is 4.79 Å². The molecule has 3 rings (SSSR count). The van der Waals surface area contributed by atoms with E-state index in [0.29, 0.717) is 17.1 Å². The van der Waals surface area contributed by atoms with Gasteiger partial charge >= 0.3 is 0 Å². The van der Waals surface area contributed by atoms with Gasteiger partial charge in [-0.15, -0.1) is 11.8 Å². The largest absolute Gasteiger partial charge is 0.493 e. The standard InChI is InChI=1S/C24H24N2O4S/c1-29-20-14-13-19(15-21(20)30-2)24(28)26-25-22(27)16-31-23(17-9-5-3-6-10-17)18-11-7-4-8-12-18/h3-15,23H,16H2,1-2H3,(H,25,27)(H,26,28). The van der Waals surface area contributed by atoms with Crippen LogP contribution in [0.1, 0.15) is 26.7 Å². The van der Waals surface area contributed by atoms with Crippen LogP contribution in [0.25, 0.3) is 0 Å². The maximum absolute atomic E-state index is 12.4. The highest BCUT2D eigenvalue weighted by atomic mass is 32.2. The van der Waals surface area contributed by atoms with E-state index in [9.17, 15) is 9.59 Å². The quantitative estimate of drug-likeness (QED) is 0.522. The van der Waals surface area contributed by atoms with E-state index in [1.165, 1.54) is 26.0 Å². The van der Waals surface area contributed by atoms with Crippen LogP contribution in [0, 0.1) is 0 Å². The number of hydrazine groups is 1. The summed E-state index contributed by atoms with van der Waals surface area (Å²) < 4.78 is 10.4. The molecule has 0 aromatic heterocycles. The van der Waals surface area contributed by atoms with Gasteiger partial charge in [0.15, 0.2) is 11.5 Å². The predicted molar refractivity (Wildman–Crippen MR) is 122 cm³/mol. The van der Waals surface area contributed by atoms with Crippen molar-refractivity contribution in [2.24, 2.45) is 0 Å². The van der Waals surface area contributed by atoms with Crippen molar-refractivity contribution >= 4 is 23.6 Å². The number of hydrogen-bond donors (Lipinski definition) is 2. The zero-order chi connectivity index (χ0) is 22.1. The van der Waals surface area contributed by atoms with E-state index in [1.807, 2.05) is 60.7 Å². The van der Waals surface area contributed by atoms with Gasteiger partial charge in [0.25, 0.3) is 5.91 Å². The highest BCUT2D eigenvalue weighted by Gasteiger charge is 2.17. The van der Waals surface area contributed by atoms with Gasteiger partial charge in [-0.25, -0.2) is 0 Å². The number of benzene rings is 3. The molecule has 3 aromatic rings. The number of hydrogen-bond acceptors (Lipinski definition) is 5. The van der Waals surface area contributed by atoms with Crippen molar-refractivity contribution in [3.8, 4) is 11.5 Å². The van der Waals surface area contributed by atoms with E-state index < -0.39 is 5.91 Å². The van der Waals surface area contributed by atoms with Crippen LogP contribution in [0.2, 0.25) is 0 Å². The van der Waals surface area contributed by atoms with E-state index in [2.05, 4.69) is 10.9 Å². The summed E-state index contributed by atoms with van der Waals surface area (Å²) in [5.74, 6) is 0.399. The Morgan fingerprint density at radius 3 is 1.94 bits per heavy atom. The average Bonchev–Trinajstić information content (AvgIpc) is 2.83. The molecule has 7 heteroatoms. The van der Waals surface area contributed by atoms with Crippen LogP contribution in [0.4, 0.5) is 0 Å². The van der Waals surface area contributed by atoms with Gasteiger partial charge in [0, 0.05) is 5.56 Å². The summed E-state index contributed by atoms with van der Waals surface area (Å²) in [6.45, 7) is 0. The molecule has 0 saturated carbocycles. The number of nitrogens with one attached hydrogen (secondary N) is 2. The Labute approximate surface area is 185 Å². The lowest BCUT2D eigenvalue weighted by Crippen LogP contribution is -2.42. The van der Waals surface area contributed by atoms with Gasteiger partial charge in [0.1, 0.15) is 0 Å². The molecular weight excluding hydrogens is 412 g/mol. The first kappa shape index (κ1) is 22.2. The zero-order valence-electron chi connectivity index (χ0n) is 17.3. The molecule has 0 spiro atoms. The van der Waals surface area contributed by atoms with Gasteiger partial charge in [0.2, 0.25) is 5.91 Å². The predicted octanol–water partition coefficient (Wildman–Crippen LogP) is 3.99. The van der Waals surface area contributed by atoms with Crippen molar-refractivity contribution < 1.29 is 19.1 Å². The molecule has 0 saturated heterocycles. The van der Waals surface area contributed by atoms with E-state index >= 15 is 0 Å². The SMILES string of the molecule is COc1ccc(C(=O)NNC(=O)CSC(c2ccccc2)c2ccccc2)cc1OC. The van der Waals surface area contributed by atoms with Crippen LogP contribution in [-0.4, -0.2) is 31.8 Å². The second kappa shape index (κ2) is 11.1. The summed E-state index contributed by atoms with van der Waals surface area (Å²) in [6, 6.07) is 24.8. The molecule has 0 aliphatic rings. The highest BCUT2D eigenvalue weighted by Crippen LogP contribution is 2.35. The van der Waals surface area contributed by atoms with Crippen molar-refractivity contribution in [3.05, 3.63) is 95.6 Å². The molecule has 3 aromatic carbocycles. The number of ether oxygens (including phenoxy) is 2. The lowest BCUT2D eigenvalue weighted by molar-refractivity contribution is -0.119. The molecule has 0 unspecified atom stereocenters. The van der Waals surface area contributed by atoms with Crippen molar-refractivity contribution in [2.75, 3.05) is 20.0 Å². The first-order valence-corrected chi connectivity index (χ1v) is 10.7. The van der Waals surface area contributed by atoms with Crippen LogP contribution in [0.15, 0.2) is 78.9 Å². The Bertz CT molecular complexity index is 973. The molecule has 0 bridgehead atoms. The highest BCUT2D eigenvalue weighted by molar-refractivity contribution is 8.00. The van der Waals surface area contributed by atoms with Crippen LogP contribution < -0.4 is 20.3 Å². The summed E-state index contributed by atoms with van der Waals surface area (Å²) in [5, 5.41) is 0.00898. The Morgan fingerprint density at radius 2 is 1.39 bits per heavy atom. The smallest absolute Gasteiger partial charge is 0.269 e. The third-order valence-electron chi connectivity index (χ3n) is 4.55. The minimum atomic E-state index is -0.443. The Kier molecular flexibility index (Phi) is 7.95. The molecule has 2 amide bonds. The molecule has 6 nitrogen and oxygen atoms in total. The number of methoxy groups -OCH3 is 2. The van der Waals surface area contributed by atoms with Gasteiger partial charge in [-0.05, 0) is 29.3 Å². The van der Waals surface area contributed by atoms with E-state index in [4.69, 9.17) is 9.47 Å². The lowest BCUT2D eigenvalue weighted by Gasteiger charge is -2.17. The molecule has 0 fully saturated rings. The van der Waals surface area contributed by atoms with Gasteiger partial charge in [0.05, 0.1) is 25.2 Å². The minimum Gasteiger partial charge on any atom is -0.493 e. The molecule has 2 N–H and O–H groups in total. The minimum absolute atomic E-state index is 0.00898. The summed E-state index contributed by atoms with van der Waals surface area (Å²) in [7, 11) is 3.02. The fourth-order valence-electron chi connectivity index (χ4n) is 3.01. The van der Waals surface area contributed by atoms with Crippen molar-refractivity contribution in [2.45, 2.75) is 5.25 Å². The maximum atomic E-state index is 12.4. The third-order valence-corrected chi connectivity index (χ3v) is 5.85. The average molecular weight is 437 g/mol. The topological polar surface area (TPSA) is 76.7 Å². The van der Waals surface area contributed by atoms with E-state index in [0.717, 1.165) is 11.1 Å². The number of carbonyl (C=O) groups is 2. The van der Waals surface area contributed by atoms with E-state index in [-0.39, 0.29) is 16.9 Å². The zero-order valence-corrected chi connectivity index (χ0v) is 18.1. The Morgan fingerprint density at radius 1 is 0.806 bits per heavy atom. The molecule has 0 aliphatic heterocycles. The summed E-state index contributed by atoms with van der Waals surface area (Å²) in [6.07, 6.45) is 0. The lowest BCUT2D eigenvalue weighted by atomic mass is 10.0. The Hall–Kier alpha value is -3.45. The number of rotatable bonds is 8.